The number of benzene rings is 1. The van der Waals surface area contributed by atoms with E-state index in [0.717, 1.165) is 25.9 Å². The minimum absolute atomic E-state index is 0.0766. The smallest absolute Gasteiger partial charge is 0.260 e. The Morgan fingerprint density at radius 1 is 0.857 bits per heavy atom. The number of carbonyl (C=O) groups excluding carboxylic acids is 2. The maximum Gasteiger partial charge on any atom is 0.260 e. The molecule has 2 aliphatic heterocycles. The molecular weight excluding hydrogens is 401 g/mol. The second kappa shape index (κ2) is 10.3. The highest BCUT2D eigenvalue weighted by molar-refractivity contribution is 6.34. The van der Waals surface area contributed by atoms with Gasteiger partial charge in [-0.3, -0.25) is 14.5 Å². The first-order valence-corrected chi connectivity index (χ1v) is 10.6. The average Bonchev–Trinajstić information content (AvgIpc) is 2.98. The van der Waals surface area contributed by atoms with E-state index in [4.69, 9.17) is 27.9 Å². The maximum absolute atomic E-state index is 12.5. The Morgan fingerprint density at radius 3 is 2.18 bits per heavy atom. The number of amides is 2. The summed E-state index contributed by atoms with van der Waals surface area (Å²) in [4.78, 5) is 30.8. The molecule has 8 heteroatoms. The van der Waals surface area contributed by atoms with Gasteiger partial charge in [0.1, 0.15) is 5.75 Å². The molecule has 6 nitrogen and oxygen atoms in total. The number of rotatable bonds is 5. The Hall–Kier alpha value is -1.50. The van der Waals surface area contributed by atoms with Gasteiger partial charge in [0, 0.05) is 50.4 Å². The summed E-state index contributed by atoms with van der Waals surface area (Å²) in [6, 6.07) is 4.91. The molecule has 2 saturated heterocycles. The van der Waals surface area contributed by atoms with Gasteiger partial charge < -0.3 is 14.5 Å². The van der Waals surface area contributed by atoms with Crippen LogP contribution in [0.15, 0.2) is 18.2 Å². The summed E-state index contributed by atoms with van der Waals surface area (Å²) in [5.41, 5.74) is 0. The van der Waals surface area contributed by atoms with E-state index in [2.05, 4.69) is 4.90 Å². The van der Waals surface area contributed by atoms with Crippen molar-refractivity contribution in [3.8, 4) is 5.75 Å². The second-order valence-corrected chi connectivity index (χ2v) is 8.16. The lowest BCUT2D eigenvalue weighted by molar-refractivity contribution is -0.136. The van der Waals surface area contributed by atoms with Crippen molar-refractivity contribution in [3.63, 3.8) is 0 Å². The van der Waals surface area contributed by atoms with Crippen LogP contribution in [0.5, 0.6) is 5.75 Å². The molecule has 2 aliphatic rings. The van der Waals surface area contributed by atoms with Crippen molar-refractivity contribution in [1.29, 1.82) is 0 Å². The first kappa shape index (κ1) is 21.2. The molecule has 154 valence electrons. The highest BCUT2D eigenvalue weighted by Gasteiger charge is 2.24. The van der Waals surface area contributed by atoms with E-state index >= 15 is 0 Å². The number of halogens is 2. The Balaban J connectivity index is 1.41. The van der Waals surface area contributed by atoms with E-state index in [-0.39, 0.29) is 18.4 Å². The van der Waals surface area contributed by atoms with Crippen molar-refractivity contribution in [2.75, 3.05) is 52.4 Å². The number of nitrogens with zero attached hydrogens (tertiary/aromatic N) is 3. The van der Waals surface area contributed by atoms with Crippen LogP contribution in [0, 0.1) is 0 Å². The van der Waals surface area contributed by atoms with Crippen LogP contribution in [0.3, 0.4) is 0 Å². The van der Waals surface area contributed by atoms with Gasteiger partial charge in [0.05, 0.1) is 11.6 Å². The Labute approximate surface area is 176 Å². The fourth-order valence-electron chi connectivity index (χ4n) is 3.59. The van der Waals surface area contributed by atoms with Crippen molar-refractivity contribution in [1.82, 2.24) is 14.7 Å². The lowest BCUT2D eigenvalue weighted by Crippen LogP contribution is -2.52. The Morgan fingerprint density at radius 2 is 1.50 bits per heavy atom. The molecule has 3 rings (SSSR count). The molecule has 0 radical (unpaired) electrons. The van der Waals surface area contributed by atoms with E-state index in [0.29, 0.717) is 48.5 Å². The topological polar surface area (TPSA) is 53.1 Å². The molecule has 1 aromatic rings. The molecule has 0 aliphatic carbocycles. The first-order valence-electron chi connectivity index (χ1n) is 9.88. The van der Waals surface area contributed by atoms with Crippen LogP contribution < -0.4 is 4.74 Å². The van der Waals surface area contributed by atoms with Crippen molar-refractivity contribution < 1.29 is 14.3 Å². The van der Waals surface area contributed by atoms with Crippen molar-refractivity contribution in [2.45, 2.75) is 25.7 Å². The summed E-state index contributed by atoms with van der Waals surface area (Å²) in [6.45, 7) is 4.70. The molecule has 0 spiro atoms. The van der Waals surface area contributed by atoms with Gasteiger partial charge in [0.15, 0.2) is 6.61 Å². The minimum atomic E-state index is -0.0884. The van der Waals surface area contributed by atoms with Crippen LogP contribution in [-0.4, -0.2) is 78.9 Å². The van der Waals surface area contributed by atoms with Crippen LogP contribution in [-0.2, 0) is 9.59 Å². The molecule has 2 heterocycles. The summed E-state index contributed by atoms with van der Waals surface area (Å²) < 4.78 is 5.53. The van der Waals surface area contributed by atoms with Crippen LogP contribution in [0.25, 0.3) is 0 Å². The minimum Gasteiger partial charge on any atom is -0.482 e. The third kappa shape index (κ3) is 6.00. The lowest BCUT2D eigenvalue weighted by atomic mass is 10.2. The zero-order valence-corrected chi connectivity index (χ0v) is 17.6. The predicted octanol–water partition coefficient (Wildman–Crippen LogP) is 2.92. The number of ether oxygens (including phenoxy) is 1. The number of carbonyl (C=O) groups is 2. The van der Waals surface area contributed by atoms with Crippen LogP contribution in [0.2, 0.25) is 10.0 Å². The average molecular weight is 428 g/mol. The molecule has 0 bridgehead atoms. The largest absolute Gasteiger partial charge is 0.482 e. The molecule has 0 N–H and O–H groups in total. The molecular formula is C20H27Cl2N3O3. The Kier molecular flexibility index (Phi) is 7.82. The summed E-state index contributed by atoms with van der Waals surface area (Å²) in [6.07, 6.45) is 4.63. The highest BCUT2D eigenvalue weighted by Crippen LogP contribution is 2.27. The molecule has 28 heavy (non-hydrogen) atoms. The molecule has 2 fully saturated rings. The Bertz CT molecular complexity index is 685. The van der Waals surface area contributed by atoms with E-state index in [1.54, 1.807) is 23.1 Å². The molecule has 0 saturated carbocycles. The fraction of sp³-hybridized carbons (Fsp3) is 0.600. The summed E-state index contributed by atoms with van der Waals surface area (Å²) >= 11 is 12.0. The fourth-order valence-corrected chi connectivity index (χ4v) is 3.92. The van der Waals surface area contributed by atoms with Crippen molar-refractivity contribution in [3.05, 3.63) is 28.2 Å². The monoisotopic (exact) mass is 427 g/mol. The SMILES string of the molecule is O=C(COc1cc(Cl)ccc1Cl)N1CCN(CC(=O)N2CCCCCC2)CC1. The van der Waals surface area contributed by atoms with Gasteiger partial charge in [-0.05, 0) is 25.0 Å². The lowest BCUT2D eigenvalue weighted by Gasteiger charge is -2.35. The molecule has 2 amide bonds. The van der Waals surface area contributed by atoms with Gasteiger partial charge in [0.2, 0.25) is 5.91 Å². The van der Waals surface area contributed by atoms with Gasteiger partial charge in [-0.15, -0.1) is 0 Å². The number of hydrogen-bond acceptors (Lipinski definition) is 4. The van der Waals surface area contributed by atoms with Gasteiger partial charge in [-0.2, -0.15) is 0 Å². The molecule has 1 aromatic carbocycles. The molecule has 0 atom stereocenters. The van der Waals surface area contributed by atoms with Gasteiger partial charge >= 0.3 is 0 Å². The van der Waals surface area contributed by atoms with Crippen molar-refractivity contribution in [2.24, 2.45) is 0 Å². The van der Waals surface area contributed by atoms with Crippen LogP contribution in [0.1, 0.15) is 25.7 Å². The van der Waals surface area contributed by atoms with E-state index < -0.39 is 0 Å². The van der Waals surface area contributed by atoms with Crippen molar-refractivity contribution >= 4 is 35.0 Å². The summed E-state index contributed by atoms with van der Waals surface area (Å²) in [7, 11) is 0. The van der Waals surface area contributed by atoms with E-state index in [1.165, 1.54) is 12.8 Å². The van der Waals surface area contributed by atoms with Gasteiger partial charge in [-0.1, -0.05) is 36.0 Å². The van der Waals surface area contributed by atoms with Crippen LogP contribution >= 0.6 is 23.2 Å². The third-order valence-corrected chi connectivity index (χ3v) is 5.83. The number of likely N-dealkylation sites (tertiary alicyclic amines) is 1. The standard InChI is InChI=1S/C20H27Cl2N3O3/c21-16-5-6-17(22)18(13-16)28-15-20(27)25-11-9-23(10-12-25)14-19(26)24-7-3-1-2-4-8-24/h5-6,13H,1-4,7-12,14-15H2. The molecule has 0 unspecified atom stereocenters. The van der Waals surface area contributed by atoms with E-state index in [1.807, 2.05) is 4.90 Å². The van der Waals surface area contributed by atoms with E-state index in [9.17, 15) is 9.59 Å². The normalized spacial score (nSPS) is 18.6. The first-order chi connectivity index (χ1) is 13.5. The third-order valence-electron chi connectivity index (χ3n) is 5.29. The number of hydrogen-bond donors (Lipinski definition) is 0. The van der Waals surface area contributed by atoms with Gasteiger partial charge in [0.25, 0.3) is 5.91 Å². The summed E-state index contributed by atoms with van der Waals surface area (Å²) in [5, 5.41) is 0.934. The zero-order chi connectivity index (χ0) is 19.9. The highest BCUT2D eigenvalue weighted by atomic mass is 35.5. The van der Waals surface area contributed by atoms with Crippen LogP contribution in [0.4, 0.5) is 0 Å². The quantitative estimate of drug-likeness (QED) is 0.724. The second-order valence-electron chi connectivity index (χ2n) is 7.32. The predicted molar refractivity (Wildman–Crippen MR) is 110 cm³/mol. The maximum atomic E-state index is 12.5. The summed E-state index contributed by atoms with van der Waals surface area (Å²) in [5.74, 6) is 0.527. The zero-order valence-electron chi connectivity index (χ0n) is 16.0. The van der Waals surface area contributed by atoms with Gasteiger partial charge in [-0.25, -0.2) is 0 Å². The molecule has 0 aromatic heterocycles. The number of piperazine rings is 1.